The van der Waals surface area contributed by atoms with Crippen LogP contribution in [0.3, 0.4) is 0 Å². The molecule has 0 heterocycles. The first kappa shape index (κ1) is 13.2. The molecule has 0 aromatic heterocycles. The highest BCUT2D eigenvalue weighted by Crippen LogP contribution is 2.26. The van der Waals surface area contributed by atoms with Gasteiger partial charge in [-0.05, 0) is 37.5 Å². The lowest BCUT2D eigenvalue weighted by molar-refractivity contribution is 0.108. The summed E-state index contributed by atoms with van der Waals surface area (Å²) in [7, 11) is 1.71. The minimum absolute atomic E-state index is 0.209. The Bertz CT molecular complexity index is 453. The number of benzene rings is 1. The average molecular weight is 268 g/mol. The van der Waals surface area contributed by atoms with Gasteiger partial charge in [0.2, 0.25) is 0 Å². The highest BCUT2D eigenvalue weighted by Gasteiger charge is 2.24. The SMILES string of the molecule is COC1CCC(Nc2ccc(C(N)=S)cc2F)C1. The third kappa shape index (κ3) is 2.97. The number of anilines is 1. The lowest BCUT2D eigenvalue weighted by Crippen LogP contribution is -2.18. The largest absolute Gasteiger partial charge is 0.389 e. The molecule has 1 aliphatic carbocycles. The molecule has 2 unspecified atom stereocenters. The number of methoxy groups -OCH3 is 1. The van der Waals surface area contributed by atoms with E-state index in [1.165, 1.54) is 6.07 Å². The maximum atomic E-state index is 13.8. The molecular formula is C13H17FN2OS. The summed E-state index contributed by atoms with van der Waals surface area (Å²) in [5, 5.41) is 3.20. The Hall–Kier alpha value is -1.20. The summed E-state index contributed by atoms with van der Waals surface area (Å²) in [6, 6.07) is 5.05. The fraction of sp³-hybridized carbons (Fsp3) is 0.462. The summed E-state index contributed by atoms with van der Waals surface area (Å²) in [6.07, 6.45) is 3.20. The number of nitrogens with one attached hydrogen (secondary N) is 1. The van der Waals surface area contributed by atoms with Gasteiger partial charge in [-0.3, -0.25) is 0 Å². The van der Waals surface area contributed by atoms with Gasteiger partial charge in [-0.1, -0.05) is 12.2 Å². The molecule has 0 aliphatic heterocycles. The van der Waals surface area contributed by atoms with Crippen molar-refractivity contribution in [2.24, 2.45) is 5.73 Å². The molecule has 0 amide bonds. The van der Waals surface area contributed by atoms with Crippen molar-refractivity contribution < 1.29 is 9.13 Å². The molecule has 2 rings (SSSR count). The molecule has 0 radical (unpaired) electrons. The quantitative estimate of drug-likeness (QED) is 0.823. The minimum Gasteiger partial charge on any atom is -0.389 e. The van der Waals surface area contributed by atoms with Crippen LogP contribution < -0.4 is 11.1 Å². The van der Waals surface area contributed by atoms with E-state index in [1.54, 1.807) is 19.2 Å². The van der Waals surface area contributed by atoms with Gasteiger partial charge in [0.1, 0.15) is 10.8 Å². The van der Waals surface area contributed by atoms with Crippen LogP contribution in [0.2, 0.25) is 0 Å². The van der Waals surface area contributed by atoms with E-state index in [0.717, 1.165) is 19.3 Å². The van der Waals surface area contributed by atoms with E-state index in [2.05, 4.69) is 5.32 Å². The van der Waals surface area contributed by atoms with Crippen molar-refractivity contribution in [1.82, 2.24) is 0 Å². The fourth-order valence-electron chi connectivity index (χ4n) is 2.29. The molecule has 1 saturated carbocycles. The summed E-state index contributed by atoms with van der Waals surface area (Å²) in [5.41, 5.74) is 6.51. The maximum Gasteiger partial charge on any atom is 0.146 e. The third-order valence-corrected chi connectivity index (χ3v) is 3.57. The van der Waals surface area contributed by atoms with Crippen LogP contribution in [0.25, 0.3) is 0 Å². The number of ether oxygens (including phenoxy) is 1. The highest BCUT2D eigenvalue weighted by molar-refractivity contribution is 7.80. The Labute approximate surface area is 112 Å². The van der Waals surface area contributed by atoms with Gasteiger partial charge in [-0.2, -0.15) is 0 Å². The smallest absolute Gasteiger partial charge is 0.146 e. The molecule has 2 atom stereocenters. The number of halogens is 1. The van der Waals surface area contributed by atoms with Crippen molar-refractivity contribution >= 4 is 22.9 Å². The molecule has 1 aromatic carbocycles. The van der Waals surface area contributed by atoms with Gasteiger partial charge in [-0.25, -0.2) is 4.39 Å². The normalized spacial score (nSPS) is 23.0. The topological polar surface area (TPSA) is 47.3 Å². The standard InChI is InChI=1S/C13H17FN2OS/c1-17-10-4-3-9(7-10)16-12-5-2-8(13(15)18)6-11(12)14/h2,5-6,9-10,16H,3-4,7H2,1H3,(H2,15,18). The fourth-order valence-corrected chi connectivity index (χ4v) is 2.42. The van der Waals surface area contributed by atoms with Gasteiger partial charge in [0.25, 0.3) is 0 Å². The molecule has 3 nitrogen and oxygen atoms in total. The van der Waals surface area contributed by atoms with E-state index in [-0.39, 0.29) is 23.0 Å². The highest BCUT2D eigenvalue weighted by atomic mass is 32.1. The van der Waals surface area contributed by atoms with Gasteiger partial charge in [0, 0.05) is 18.7 Å². The van der Waals surface area contributed by atoms with Crippen LogP contribution in [0, 0.1) is 5.82 Å². The zero-order chi connectivity index (χ0) is 13.1. The monoisotopic (exact) mass is 268 g/mol. The Morgan fingerprint density at radius 3 is 2.83 bits per heavy atom. The van der Waals surface area contributed by atoms with Crippen molar-refractivity contribution in [3.8, 4) is 0 Å². The van der Waals surface area contributed by atoms with E-state index in [4.69, 9.17) is 22.7 Å². The van der Waals surface area contributed by atoms with Crippen molar-refractivity contribution in [1.29, 1.82) is 0 Å². The zero-order valence-electron chi connectivity index (χ0n) is 10.3. The Morgan fingerprint density at radius 1 is 1.50 bits per heavy atom. The van der Waals surface area contributed by atoms with Gasteiger partial charge < -0.3 is 15.8 Å². The molecule has 1 aromatic rings. The second kappa shape index (κ2) is 5.63. The number of nitrogens with two attached hydrogens (primary N) is 1. The van der Waals surface area contributed by atoms with Gasteiger partial charge in [-0.15, -0.1) is 0 Å². The molecule has 1 fully saturated rings. The molecule has 5 heteroatoms. The third-order valence-electron chi connectivity index (χ3n) is 3.33. The zero-order valence-corrected chi connectivity index (χ0v) is 11.1. The van der Waals surface area contributed by atoms with E-state index < -0.39 is 0 Å². The predicted octanol–water partition coefficient (Wildman–Crippen LogP) is 2.44. The molecule has 0 spiro atoms. The van der Waals surface area contributed by atoms with Crippen molar-refractivity contribution in [3.63, 3.8) is 0 Å². The Kier molecular flexibility index (Phi) is 4.14. The number of hydrogen-bond acceptors (Lipinski definition) is 3. The van der Waals surface area contributed by atoms with Crippen LogP contribution in [-0.2, 0) is 4.74 Å². The average Bonchev–Trinajstić information content (AvgIpc) is 2.79. The van der Waals surface area contributed by atoms with Crippen LogP contribution in [0.15, 0.2) is 18.2 Å². The first-order chi connectivity index (χ1) is 8.60. The summed E-state index contributed by atoms with van der Waals surface area (Å²) in [5.74, 6) is -0.318. The lowest BCUT2D eigenvalue weighted by atomic mass is 10.1. The first-order valence-corrected chi connectivity index (χ1v) is 6.39. The summed E-state index contributed by atoms with van der Waals surface area (Å²) < 4.78 is 19.1. The van der Waals surface area contributed by atoms with E-state index in [0.29, 0.717) is 11.3 Å². The summed E-state index contributed by atoms with van der Waals surface area (Å²) >= 11 is 4.81. The second-order valence-electron chi connectivity index (χ2n) is 4.57. The Morgan fingerprint density at radius 2 is 2.28 bits per heavy atom. The van der Waals surface area contributed by atoms with Crippen LogP contribution in [-0.4, -0.2) is 24.2 Å². The van der Waals surface area contributed by atoms with E-state index in [1.807, 2.05) is 0 Å². The van der Waals surface area contributed by atoms with Gasteiger partial charge in [0.05, 0.1) is 11.8 Å². The van der Waals surface area contributed by atoms with Crippen LogP contribution in [0.1, 0.15) is 24.8 Å². The maximum absolute atomic E-state index is 13.8. The second-order valence-corrected chi connectivity index (χ2v) is 5.01. The van der Waals surface area contributed by atoms with Crippen LogP contribution in [0.4, 0.5) is 10.1 Å². The van der Waals surface area contributed by atoms with Crippen molar-refractivity contribution in [3.05, 3.63) is 29.6 Å². The van der Waals surface area contributed by atoms with Crippen LogP contribution in [0.5, 0.6) is 0 Å². The molecule has 0 bridgehead atoms. The molecule has 0 saturated heterocycles. The molecule has 1 aliphatic rings. The molecular weight excluding hydrogens is 251 g/mol. The lowest BCUT2D eigenvalue weighted by Gasteiger charge is -2.15. The molecule has 3 N–H and O–H groups in total. The molecule has 98 valence electrons. The molecule has 18 heavy (non-hydrogen) atoms. The van der Waals surface area contributed by atoms with Gasteiger partial charge >= 0.3 is 0 Å². The number of rotatable bonds is 4. The minimum atomic E-state index is -0.318. The van der Waals surface area contributed by atoms with Crippen LogP contribution >= 0.6 is 12.2 Å². The Balaban J connectivity index is 2.04. The van der Waals surface area contributed by atoms with E-state index >= 15 is 0 Å². The first-order valence-electron chi connectivity index (χ1n) is 5.99. The predicted molar refractivity (Wildman–Crippen MR) is 74.3 cm³/mol. The summed E-state index contributed by atoms with van der Waals surface area (Å²) in [4.78, 5) is 0.209. The van der Waals surface area contributed by atoms with E-state index in [9.17, 15) is 4.39 Å². The van der Waals surface area contributed by atoms with Crippen molar-refractivity contribution in [2.75, 3.05) is 12.4 Å². The van der Waals surface area contributed by atoms with Gasteiger partial charge in [0.15, 0.2) is 0 Å². The summed E-state index contributed by atoms with van der Waals surface area (Å²) in [6.45, 7) is 0. The number of thiocarbonyl (C=S) groups is 1. The van der Waals surface area contributed by atoms with Crippen molar-refractivity contribution in [2.45, 2.75) is 31.4 Å². The number of hydrogen-bond donors (Lipinski definition) is 2.